The van der Waals surface area contributed by atoms with Crippen LogP contribution in [0.25, 0.3) is 0 Å². The van der Waals surface area contributed by atoms with E-state index in [1.54, 1.807) is 13.2 Å². The molecule has 0 saturated carbocycles. The summed E-state index contributed by atoms with van der Waals surface area (Å²) in [6, 6.07) is 5.97. The van der Waals surface area contributed by atoms with Crippen LogP contribution in [0.1, 0.15) is 18.4 Å². The second-order valence-corrected chi connectivity index (χ2v) is 4.27. The Morgan fingerprint density at radius 1 is 1.41 bits per heavy atom. The first-order chi connectivity index (χ1) is 8.29. The zero-order valence-electron chi connectivity index (χ0n) is 10.1. The summed E-state index contributed by atoms with van der Waals surface area (Å²) in [5, 5.41) is 13.0. The van der Waals surface area contributed by atoms with Crippen LogP contribution in [-0.2, 0) is 11.3 Å². The standard InChI is InChI=1S/C13H19NO3/c1-16-13-8-10(2-3-12(13)15)9-14-11-4-6-17-7-5-11/h2-3,8,11,14-15H,4-7,9H2,1H3. The lowest BCUT2D eigenvalue weighted by molar-refractivity contribution is 0.0776. The molecule has 0 aromatic heterocycles. The number of aromatic hydroxyl groups is 1. The summed E-state index contributed by atoms with van der Waals surface area (Å²) in [6.45, 7) is 2.48. The quantitative estimate of drug-likeness (QED) is 0.836. The van der Waals surface area contributed by atoms with E-state index in [1.165, 1.54) is 0 Å². The smallest absolute Gasteiger partial charge is 0.160 e. The molecular formula is C13H19NO3. The van der Waals surface area contributed by atoms with E-state index in [2.05, 4.69) is 5.32 Å². The molecule has 0 aliphatic carbocycles. The van der Waals surface area contributed by atoms with Crippen LogP contribution < -0.4 is 10.1 Å². The van der Waals surface area contributed by atoms with Crippen LogP contribution in [0.4, 0.5) is 0 Å². The van der Waals surface area contributed by atoms with Gasteiger partial charge in [-0.3, -0.25) is 0 Å². The Kier molecular flexibility index (Phi) is 4.23. The molecule has 4 heteroatoms. The number of hydrogen-bond acceptors (Lipinski definition) is 4. The van der Waals surface area contributed by atoms with Gasteiger partial charge in [0, 0.05) is 25.8 Å². The van der Waals surface area contributed by atoms with E-state index in [-0.39, 0.29) is 5.75 Å². The van der Waals surface area contributed by atoms with Crippen molar-refractivity contribution in [3.8, 4) is 11.5 Å². The Morgan fingerprint density at radius 2 is 2.18 bits per heavy atom. The van der Waals surface area contributed by atoms with Gasteiger partial charge in [0.25, 0.3) is 0 Å². The average Bonchev–Trinajstić information content (AvgIpc) is 2.39. The van der Waals surface area contributed by atoms with Crippen molar-refractivity contribution in [2.75, 3.05) is 20.3 Å². The molecule has 1 heterocycles. The lowest BCUT2D eigenvalue weighted by atomic mass is 10.1. The molecule has 0 atom stereocenters. The van der Waals surface area contributed by atoms with Gasteiger partial charge in [0.05, 0.1) is 7.11 Å². The van der Waals surface area contributed by atoms with E-state index < -0.39 is 0 Å². The van der Waals surface area contributed by atoms with Gasteiger partial charge in [-0.15, -0.1) is 0 Å². The van der Waals surface area contributed by atoms with E-state index in [1.807, 2.05) is 12.1 Å². The number of phenols is 1. The monoisotopic (exact) mass is 237 g/mol. The molecule has 0 bridgehead atoms. The number of rotatable bonds is 4. The maximum absolute atomic E-state index is 9.49. The van der Waals surface area contributed by atoms with E-state index in [4.69, 9.17) is 9.47 Å². The van der Waals surface area contributed by atoms with Gasteiger partial charge in [-0.25, -0.2) is 0 Å². The molecule has 94 valence electrons. The molecule has 1 aromatic carbocycles. The van der Waals surface area contributed by atoms with Crippen molar-refractivity contribution in [2.45, 2.75) is 25.4 Å². The largest absolute Gasteiger partial charge is 0.504 e. The molecular weight excluding hydrogens is 218 g/mol. The average molecular weight is 237 g/mol. The number of benzene rings is 1. The van der Waals surface area contributed by atoms with Crippen LogP contribution in [0.2, 0.25) is 0 Å². The first kappa shape index (κ1) is 12.2. The lowest BCUT2D eigenvalue weighted by Gasteiger charge is -2.23. The second kappa shape index (κ2) is 5.89. The van der Waals surface area contributed by atoms with Crippen molar-refractivity contribution >= 4 is 0 Å². The molecule has 2 rings (SSSR count). The number of nitrogens with one attached hydrogen (secondary N) is 1. The Labute approximate surface area is 102 Å². The number of phenolic OH excluding ortho intramolecular Hbond substituents is 1. The van der Waals surface area contributed by atoms with E-state index in [0.29, 0.717) is 11.8 Å². The number of methoxy groups -OCH3 is 1. The third-order valence-electron chi connectivity index (χ3n) is 3.06. The van der Waals surface area contributed by atoms with E-state index in [9.17, 15) is 5.11 Å². The normalized spacial score (nSPS) is 17.0. The first-order valence-electron chi connectivity index (χ1n) is 5.96. The van der Waals surface area contributed by atoms with Crippen molar-refractivity contribution in [1.29, 1.82) is 0 Å². The fourth-order valence-corrected chi connectivity index (χ4v) is 2.00. The highest BCUT2D eigenvalue weighted by Gasteiger charge is 2.13. The molecule has 0 radical (unpaired) electrons. The highest BCUT2D eigenvalue weighted by molar-refractivity contribution is 5.41. The van der Waals surface area contributed by atoms with Crippen molar-refractivity contribution in [2.24, 2.45) is 0 Å². The van der Waals surface area contributed by atoms with E-state index in [0.717, 1.165) is 38.2 Å². The molecule has 0 unspecified atom stereocenters. The summed E-state index contributed by atoms with van der Waals surface area (Å²) in [7, 11) is 1.56. The fourth-order valence-electron chi connectivity index (χ4n) is 2.00. The van der Waals surface area contributed by atoms with Crippen molar-refractivity contribution in [1.82, 2.24) is 5.32 Å². The van der Waals surface area contributed by atoms with Crippen LogP contribution in [0, 0.1) is 0 Å². The van der Waals surface area contributed by atoms with Gasteiger partial charge < -0.3 is 19.9 Å². The summed E-state index contributed by atoms with van der Waals surface area (Å²) in [5.41, 5.74) is 1.12. The molecule has 4 nitrogen and oxygen atoms in total. The summed E-state index contributed by atoms with van der Waals surface area (Å²) >= 11 is 0. The zero-order chi connectivity index (χ0) is 12.1. The minimum Gasteiger partial charge on any atom is -0.504 e. The van der Waals surface area contributed by atoms with Crippen LogP contribution in [0.15, 0.2) is 18.2 Å². The minimum atomic E-state index is 0.183. The minimum absolute atomic E-state index is 0.183. The van der Waals surface area contributed by atoms with Crippen LogP contribution in [0.3, 0.4) is 0 Å². The summed E-state index contributed by atoms with van der Waals surface area (Å²) < 4.78 is 10.4. The SMILES string of the molecule is COc1cc(CNC2CCOCC2)ccc1O. The maximum Gasteiger partial charge on any atom is 0.160 e. The Morgan fingerprint density at radius 3 is 2.88 bits per heavy atom. The summed E-state index contributed by atoms with van der Waals surface area (Å²) in [5.74, 6) is 0.707. The topological polar surface area (TPSA) is 50.7 Å². The summed E-state index contributed by atoms with van der Waals surface area (Å²) in [6.07, 6.45) is 2.13. The van der Waals surface area contributed by atoms with Gasteiger partial charge in [-0.05, 0) is 30.5 Å². The summed E-state index contributed by atoms with van der Waals surface area (Å²) in [4.78, 5) is 0. The van der Waals surface area contributed by atoms with Gasteiger partial charge in [0.15, 0.2) is 11.5 Å². The molecule has 2 N–H and O–H groups in total. The Bertz CT molecular complexity index is 362. The maximum atomic E-state index is 9.49. The van der Waals surface area contributed by atoms with Crippen LogP contribution >= 0.6 is 0 Å². The van der Waals surface area contributed by atoms with Crippen molar-refractivity contribution < 1.29 is 14.6 Å². The van der Waals surface area contributed by atoms with Crippen molar-refractivity contribution in [3.05, 3.63) is 23.8 Å². The van der Waals surface area contributed by atoms with Crippen LogP contribution in [-0.4, -0.2) is 31.5 Å². The second-order valence-electron chi connectivity index (χ2n) is 4.27. The van der Waals surface area contributed by atoms with E-state index >= 15 is 0 Å². The number of ether oxygens (including phenoxy) is 2. The van der Waals surface area contributed by atoms with Crippen LogP contribution in [0.5, 0.6) is 11.5 Å². The van der Waals surface area contributed by atoms with Gasteiger partial charge in [-0.1, -0.05) is 6.07 Å². The van der Waals surface area contributed by atoms with Gasteiger partial charge in [-0.2, -0.15) is 0 Å². The van der Waals surface area contributed by atoms with Gasteiger partial charge in [0.1, 0.15) is 0 Å². The van der Waals surface area contributed by atoms with Gasteiger partial charge in [0.2, 0.25) is 0 Å². The van der Waals surface area contributed by atoms with Crippen molar-refractivity contribution in [3.63, 3.8) is 0 Å². The first-order valence-corrected chi connectivity index (χ1v) is 5.96. The fraction of sp³-hybridized carbons (Fsp3) is 0.538. The Balaban J connectivity index is 1.89. The molecule has 1 aromatic rings. The highest BCUT2D eigenvalue weighted by atomic mass is 16.5. The molecule has 17 heavy (non-hydrogen) atoms. The molecule has 1 aliphatic rings. The molecule has 1 fully saturated rings. The molecule has 1 saturated heterocycles. The zero-order valence-corrected chi connectivity index (χ0v) is 10.1. The molecule has 1 aliphatic heterocycles. The van der Waals surface area contributed by atoms with Gasteiger partial charge >= 0.3 is 0 Å². The predicted octanol–water partition coefficient (Wildman–Crippen LogP) is 1.67. The third-order valence-corrected chi connectivity index (χ3v) is 3.06. The predicted molar refractivity (Wildman–Crippen MR) is 65.3 cm³/mol. The molecule has 0 spiro atoms. The number of hydrogen-bond donors (Lipinski definition) is 2. The Hall–Kier alpha value is -1.26. The highest BCUT2D eigenvalue weighted by Crippen LogP contribution is 2.26. The molecule has 0 amide bonds. The third kappa shape index (κ3) is 3.35. The lowest BCUT2D eigenvalue weighted by Crippen LogP contribution is -2.34.